The standard InChI is InChI=1S/C14H18O/c1-11(15)14(9-10-14)13(2,3)12-7-5-4-6-8-12/h4-8H,9-10H2,1-3H3. The maximum absolute atomic E-state index is 11.7. The largest absolute Gasteiger partial charge is 0.299 e. The van der Waals surface area contributed by atoms with Crippen LogP contribution in [0.1, 0.15) is 39.2 Å². The number of rotatable bonds is 3. The van der Waals surface area contributed by atoms with Crippen molar-refractivity contribution in [2.75, 3.05) is 0 Å². The first-order valence-electron chi connectivity index (χ1n) is 5.57. The highest BCUT2D eigenvalue weighted by molar-refractivity contribution is 5.87. The molecule has 0 heterocycles. The van der Waals surface area contributed by atoms with Crippen LogP contribution in [-0.4, -0.2) is 5.78 Å². The molecule has 1 aromatic rings. The molecular formula is C14H18O. The molecule has 1 fully saturated rings. The van der Waals surface area contributed by atoms with Gasteiger partial charge in [-0.3, -0.25) is 4.79 Å². The predicted molar refractivity (Wildman–Crippen MR) is 61.8 cm³/mol. The van der Waals surface area contributed by atoms with Gasteiger partial charge < -0.3 is 0 Å². The molecule has 1 aromatic carbocycles. The van der Waals surface area contributed by atoms with Crippen LogP contribution in [0.15, 0.2) is 30.3 Å². The third kappa shape index (κ3) is 1.41. The Balaban J connectivity index is 2.40. The van der Waals surface area contributed by atoms with Crippen molar-refractivity contribution in [2.45, 2.75) is 39.0 Å². The van der Waals surface area contributed by atoms with Gasteiger partial charge in [0.15, 0.2) is 0 Å². The molecule has 15 heavy (non-hydrogen) atoms. The smallest absolute Gasteiger partial charge is 0.136 e. The first-order chi connectivity index (χ1) is 7.01. The van der Waals surface area contributed by atoms with Crippen molar-refractivity contribution in [3.63, 3.8) is 0 Å². The van der Waals surface area contributed by atoms with E-state index in [0.29, 0.717) is 5.78 Å². The molecule has 1 saturated carbocycles. The molecule has 2 rings (SSSR count). The zero-order valence-corrected chi connectivity index (χ0v) is 9.71. The van der Waals surface area contributed by atoms with E-state index < -0.39 is 0 Å². The maximum Gasteiger partial charge on any atom is 0.136 e. The summed E-state index contributed by atoms with van der Waals surface area (Å²) in [5, 5.41) is 0. The highest BCUT2D eigenvalue weighted by Crippen LogP contribution is 2.59. The number of hydrogen-bond acceptors (Lipinski definition) is 1. The highest BCUT2D eigenvalue weighted by Gasteiger charge is 2.58. The lowest BCUT2D eigenvalue weighted by Gasteiger charge is -2.33. The fourth-order valence-corrected chi connectivity index (χ4v) is 2.67. The van der Waals surface area contributed by atoms with Gasteiger partial charge in [-0.2, -0.15) is 0 Å². The van der Waals surface area contributed by atoms with Crippen LogP contribution >= 0.6 is 0 Å². The van der Waals surface area contributed by atoms with Gasteiger partial charge in [0, 0.05) is 10.8 Å². The quantitative estimate of drug-likeness (QED) is 0.734. The van der Waals surface area contributed by atoms with Gasteiger partial charge in [-0.05, 0) is 25.3 Å². The molecule has 1 nitrogen and oxygen atoms in total. The summed E-state index contributed by atoms with van der Waals surface area (Å²) in [6.45, 7) is 6.12. The van der Waals surface area contributed by atoms with E-state index in [9.17, 15) is 4.79 Å². The number of Topliss-reactive ketones (excluding diaryl/α,β-unsaturated/α-hetero) is 1. The Morgan fingerprint density at radius 3 is 2.13 bits per heavy atom. The molecule has 80 valence electrons. The normalized spacial score (nSPS) is 18.6. The van der Waals surface area contributed by atoms with Crippen molar-refractivity contribution < 1.29 is 4.79 Å². The Morgan fingerprint density at radius 1 is 1.20 bits per heavy atom. The summed E-state index contributed by atoms with van der Waals surface area (Å²) in [5.41, 5.74) is 1.16. The lowest BCUT2D eigenvalue weighted by molar-refractivity contribution is -0.124. The van der Waals surface area contributed by atoms with E-state index in [1.165, 1.54) is 5.56 Å². The summed E-state index contributed by atoms with van der Waals surface area (Å²) in [7, 11) is 0. The van der Waals surface area contributed by atoms with Crippen LogP contribution in [-0.2, 0) is 10.2 Å². The van der Waals surface area contributed by atoms with Crippen LogP contribution < -0.4 is 0 Å². The third-order valence-electron chi connectivity index (χ3n) is 4.12. The molecule has 1 heteroatoms. The number of carbonyl (C=O) groups is 1. The summed E-state index contributed by atoms with van der Waals surface area (Å²) in [4.78, 5) is 11.7. The van der Waals surface area contributed by atoms with Crippen LogP contribution in [0.2, 0.25) is 0 Å². The lowest BCUT2D eigenvalue weighted by Crippen LogP contribution is -2.35. The topological polar surface area (TPSA) is 17.1 Å². The van der Waals surface area contributed by atoms with E-state index in [4.69, 9.17) is 0 Å². The van der Waals surface area contributed by atoms with Gasteiger partial charge >= 0.3 is 0 Å². The lowest BCUT2D eigenvalue weighted by atomic mass is 9.69. The molecule has 0 saturated heterocycles. The van der Waals surface area contributed by atoms with Crippen molar-refractivity contribution in [3.05, 3.63) is 35.9 Å². The van der Waals surface area contributed by atoms with E-state index in [2.05, 4.69) is 26.0 Å². The number of carbonyl (C=O) groups excluding carboxylic acids is 1. The Labute approximate surface area is 91.5 Å². The molecule has 1 aliphatic rings. The molecule has 0 aliphatic heterocycles. The van der Waals surface area contributed by atoms with E-state index in [1.54, 1.807) is 6.92 Å². The summed E-state index contributed by atoms with van der Waals surface area (Å²) in [5.74, 6) is 0.344. The minimum Gasteiger partial charge on any atom is -0.299 e. The van der Waals surface area contributed by atoms with Gasteiger partial charge in [0.2, 0.25) is 0 Å². The van der Waals surface area contributed by atoms with Crippen molar-refractivity contribution in [1.82, 2.24) is 0 Å². The van der Waals surface area contributed by atoms with E-state index in [1.807, 2.05) is 18.2 Å². The molecular weight excluding hydrogens is 184 g/mol. The highest BCUT2D eigenvalue weighted by atomic mass is 16.1. The molecule has 0 spiro atoms. The average Bonchev–Trinajstić information content (AvgIpc) is 3.00. The van der Waals surface area contributed by atoms with E-state index >= 15 is 0 Å². The maximum atomic E-state index is 11.7. The first kappa shape index (κ1) is 10.4. The van der Waals surface area contributed by atoms with Crippen LogP contribution in [0.4, 0.5) is 0 Å². The van der Waals surface area contributed by atoms with Crippen molar-refractivity contribution >= 4 is 5.78 Å². The minimum atomic E-state index is -0.0889. The van der Waals surface area contributed by atoms with Gasteiger partial charge in [0.25, 0.3) is 0 Å². The molecule has 0 bridgehead atoms. The number of hydrogen-bond donors (Lipinski definition) is 0. The van der Waals surface area contributed by atoms with E-state index in [0.717, 1.165) is 12.8 Å². The minimum absolute atomic E-state index is 0.0277. The Morgan fingerprint density at radius 2 is 1.73 bits per heavy atom. The monoisotopic (exact) mass is 202 g/mol. The zero-order valence-electron chi connectivity index (χ0n) is 9.71. The summed E-state index contributed by atoms with van der Waals surface area (Å²) < 4.78 is 0. The van der Waals surface area contributed by atoms with Gasteiger partial charge in [-0.15, -0.1) is 0 Å². The SMILES string of the molecule is CC(=O)C1(C(C)(C)c2ccccc2)CC1. The molecule has 0 amide bonds. The summed E-state index contributed by atoms with van der Waals surface area (Å²) in [6.07, 6.45) is 2.09. The number of ketones is 1. The second kappa shape index (κ2) is 3.19. The molecule has 0 N–H and O–H groups in total. The van der Waals surface area contributed by atoms with Crippen LogP contribution in [0.3, 0.4) is 0 Å². The second-order valence-electron chi connectivity index (χ2n) is 5.13. The fraction of sp³-hybridized carbons (Fsp3) is 0.500. The van der Waals surface area contributed by atoms with Crippen molar-refractivity contribution in [3.8, 4) is 0 Å². The summed E-state index contributed by atoms with van der Waals surface area (Å²) in [6, 6.07) is 10.4. The van der Waals surface area contributed by atoms with Crippen molar-refractivity contribution in [1.29, 1.82) is 0 Å². The van der Waals surface area contributed by atoms with Crippen LogP contribution in [0, 0.1) is 5.41 Å². The van der Waals surface area contributed by atoms with Gasteiger partial charge in [0.1, 0.15) is 5.78 Å². The molecule has 0 atom stereocenters. The van der Waals surface area contributed by atoms with Crippen LogP contribution in [0.25, 0.3) is 0 Å². The Hall–Kier alpha value is -1.11. The Kier molecular flexibility index (Phi) is 2.22. The molecule has 0 aromatic heterocycles. The van der Waals surface area contributed by atoms with Gasteiger partial charge in [-0.1, -0.05) is 44.2 Å². The first-order valence-corrected chi connectivity index (χ1v) is 5.57. The predicted octanol–water partition coefficient (Wildman–Crippen LogP) is 3.33. The van der Waals surface area contributed by atoms with Crippen molar-refractivity contribution in [2.24, 2.45) is 5.41 Å². The molecule has 1 aliphatic carbocycles. The second-order valence-corrected chi connectivity index (χ2v) is 5.13. The van der Waals surface area contributed by atoms with E-state index in [-0.39, 0.29) is 10.8 Å². The Bertz CT molecular complexity index is 372. The van der Waals surface area contributed by atoms with Gasteiger partial charge in [-0.25, -0.2) is 0 Å². The third-order valence-corrected chi connectivity index (χ3v) is 4.12. The average molecular weight is 202 g/mol. The van der Waals surface area contributed by atoms with Crippen LogP contribution in [0.5, 0.6) is 0 Å². The zero-order chi connectivity index (χ0) is 11.1. The molecule has 0 radical (unpaired) electrons. The molecule has 0 unspecified atom stereocenters. The van der Waals surface area contributed by atoms with Gasteiger partial charge in [0.05, 0.1) is 0 Å². The summed E-state index contributed by atoms with van der Waals surface area (Å²) >= 11 is 0. The fourth-order valence-electron chi connectivity index (χ4n) is 2.67. The number of benzene rings is 1.